The lowest BCUT2D eigenvalue weighted by Crippen LogP contribution is -2.44. The summed E-state index contributed by atoms with van der Waals surface area (Å²) in [6, 6.07) is 12.1. The normalized spacial score (nSPS) is 16.2. The van der Waals surface area contributed by atoms with Gasteiger partial charge in [-0.2, -0.15) is 0 Å². The first kappa shape index (κ1) is 14.0. The average molecular weight is 283 g/mol. The largest absolute Gasteiger partial charge is 0.392 e. The molecule has 4 nitrogen and oxygen atoms in total. The highest BCUT2D eigenvalue weighted by Crippen LogP contribution is 2.26. The number of anilines is 1. The number of rotatable bonds is 3. The monoisotopic (exact) mass is 283 g/mol. The highest BCUT2D eigenvalue weighted by molar-refractivity contribution is 5.69. The first-order valence-electron chi connectivity index (χ1n) is 7.36. The molecular weight excluding hydrogens is 262 g/mol. The Morgan fingerprint density at radius 2 is 1.86 bits per heavy atom. The van der Waals surface area contributed by atoms with Crippen molar-refractivity contribution in [3.05, 3.63) is 48.2 Å². The second-order valence-electron chi connectivity index (χ2n) is 5.51. The van der Waals surface area contributed by atoms with Gasteiger partial charge in [-0.3, -0.25) is 0 Å². The number of aliphatic hydroxyl groups excluding tert-OH is 1. The summed E-state index contributed by atoms with van der Waals surface area (Å²) in [5, 5.41) is 9.50. The van der Waals surface area contributed by atoms with Gasteiger partial charge in [0.15, 0.2) is 0 Å². The van der Waals surface area contributed by atoms with Crippen LogP contribution in [0.3, 0.4) is 0 Å². The van der Waals surface area contributed by atoms with E-state index >= 15 is 0 Å². The lowest BCUT2D eigenvalue weighted by Gasteiger charge is -2.33. The topological polar surface area (TPSA) is 39.6 Å². The van der Waals surface area contributed by atoms with Gasteiger partial charge in [0.25, 0.3) is 0 Å². The minimum absolute atomic E-state index is 0.0579. The van der Waals surface area contributed by atoms with Gasteiger partial charge >= 0.3 is 0 Å². The summed E-state index contributed by atoms with van der Waals surface area (Å²) in [7, 11) is 2.15. The Morgan fingerprint density at radius 3 is 2.62 bits per heavy atom. The van der Waals surface area contributed by atoms with Gasteiger partial charge in [0.05, 0.1) is 6.61 Å². The van der Waals surface area contributed by atoms with Crippen molar-refractivity contribution in [3.63, 3.8) is 0 Å². The molecule has 3 rings (SSSR count). The van der Waals surface area contributed by atoms with Gasteiger partial charge in [-0.1, -0.05) is 24.3 Å². The lowest BCUT2D eigenvalue weighted by atomic mass is 10.0. The number of benzene rings is 1. The number of pyridine rings is 1. The molecule has 1 aromatic heterocycles. The van der Waals surface area contributed by atoms with E-state index in [0.717, 1.165) is 48.7 Å². The van der Waals surface area contributed by atoms with Gasteiger partial charge in [-0.15, -0.1) is 0 Å². The Morgan fingerprint density at radius 1 is 1.10 bits per heavy atom. The van der Waals surface area contributed by atoms with Crippen molar-refractivity contribution in [1.29, 1.82) is 0 Å². The molecular formula is C17H21N3O. The standard InChI is InChI=1S/C17H21N3O/c1-19-8-10-20(11-9-19)17-12-14(6-7-18-17)16-5-3-2-4-15(16)13-21/h2-7,12,21H,8-11,13H2,1H3. The van der Waals surface area contributed by atoms with E-state index in [4.69, 9.17) is 0 Å². The predicted molar refractivity (Wildman–Crippen MR) is 85.3 cm³/mol. The van der Waals surface area contributed by atoms with E-state index in [9.17, 15) is 5.11 Å². The molecule has 0 bridgehead atoms. The molecule has 1 aromatic carbocycles. The molecule has 21 heavy (non-hydrogen) atoms. The fourth-order valence-electron chi connectivity index (χ4n) is 2.73. The highest BCUT2D eigenvalue weighted by atomic mass is 16.3. The third-order valence-corrected chi connectivity index (χ3v) is 4.07. The summed E-state index contributed by atoms with van der Waals surface area (Å²) in [6.45, 7) is 4.21. The SMILES string of the molecule is CN1CCN(c2cc(-c3ccccc3CO)ccn2)CC1. The number of nitrogens with zero attached hydrogens (tertiary/aromatic N) is 3. The summed E-state index contributed by atoms with van der Waals surface area (Å²) >= 11 is 0. The van der Waals surface area contributed by atoms with E-state index in [2.05, 4.69) is 34.0 Å². The number of piperazine rings is 1. The predicted octanol–water partition coefficient (Wildman–Crippen LogP) is 1.99. The van der Waals surface area contributed by atoms with Crippen LogP contribution in [0.2, 0.25) is 0 Å². The van der Waals surface area contributed by atoms with Gasteiger partial charge in [0.2, 0.25) is 0 Å². The maximum absolute atomic E-state index is 9.50. The molecule has 2 heterocycles. The molecule has 0 amide bonds. The number of hydrogen-bond acceptors (Lipinski definition) is 4. The fourth-order valence-corrected chi connectivity index (χ4v) is 2.73. The number of aromatic nitrogens is 1. The van der Waals surface area contributed by atoms with Crippen LogP contribution in [0.1, 0.15) is 5.56 Å². The molecule has 0 atom stereocenters. The smallest absolute Gasteiger partial charge is 0.129 e. The van der Waals surface area contributed by atoms with Crippen LogP contribution in [-0.2, 0) is 6.61 Å². The maximum atomic E-state index is 9.50. The minimum Gasteiger partial charge on any atom is -0.392 e. The second-order valence-corrected chi connectivity index (χ2v) is 5.51. The van der Waals surface area contributed by atoms with E-state index in [0.29, 0.717) is 0 Å². The Bertz CT molecular complexity index is 606. The van der Waals surface area contributed by atoms with Crippen molar-refractivity contribution < 1.29 is 5.11 Å². The van der Waals surface area contributed by atoms with Crippen LogP contribution in [0.5, 0.6) is 0 Å². The molecule has 4 heteroatoms. The summed E-state index contributed by atoms with van der Waals surface area (Å²) in [5.74, 6) is 1.02. The minimum atomic E-state index is 0.0579. The van der Waals surface area contributed by atoms with E-state index in [1.807, 2.05) is 30.5 Å². The molecule has 0 radical (unpaired) electrons. The van der Waals surface area contributed by atoms with E-state index < -0.39 is 0 Å². The summed E-state index contributed by atoms with van der Waals surface area (Å²) < 4.78 is 0. The highest BCUT2D eigenvalue weighted by Gasteiger charge is 2.16. The summed E-state index contributed by atoms with van der Waals surface area (Å²) in [6.07, 6.45) is 1.86. The number of aliphatic hydroxyl groups is 1. The molecule has 1 aliphatic heterocycles. The van der Waals surface area contributed by atoms with Crippen LogP contribution in [0, 0.1) is 0 Å². The van der Waals surface area contributed by atoms with Gasteiger partial charge in [0, 0.05) is 32.4 Å². The maximum Gasteiger partial charge on any atom is 0.129 e. The molecule has 1 fully saturated rings. The Hall–Kier alpha value is -1.91. The Labute approximate surface area is 125 Å². The van der Waals surface area contributed by atoms with Crippen LogP contribution in [0.4, 0.5) is 5.82 Å². The third-order valence-electron chi connectivity index (χ3n) is 4.07. The van der Waals surface area contributed by atoms with Crippen LogP contribution >= 0.6 is 0 Å². The van der Waals surface area contributed by atoms with Crippen molar-refractivity contribution in [2.75, 3.05) is 38.1 Å². The molecule has 110 valence electrons. The van der Waals surface area contributed by atoms with Crippen LogP contribution in [0.15, 0.2) is 42.6 Å². The van der Waals surface area contributed by atoms with E-state index in [-0.39, 0.29) is 6.61 Å². The number of hydrogen-bond donors (Lipinski definition) is 1. The van der Waals surface area contributed by atoms with Crippen LogP contribution in [0.25, 0.3) is 11.1 Å². The van der Waals surface area contributed by atoms with Gasteiger partial charge < -0.3 is 14.9 Å². The zero-order valence-electron chi connectivity index (χ0n) is 12.4. The lowest BCUT2D eigenvalue weighted by molar-refractivity contribution is 0.282. The van der Waals surface area contributed by atoms with Crippen LogP contribution < -0.4 is 4.90 Å². The third kappa shape index (κ3) is 3.06. The van der Waals surface area contributed by atoms with Gasteiger partial charge in [-0.25, -0.2) is 4.98 Å². The zero-order valence-corrected chi connectivity index (χ0v) is 12.4. The fraction of sp³-hybridized carbons (Fsp3) is 0.353. The molecule has 2 aromatic rings. The second kappa shape index (κ2) is 6.24. The molecule has 0 spiro atoms. The average Bonchev–Trinajstić information content (AvgIpc) is 2.55. The van der Waals surface area contributed by atoms with Crippen molar-refractivity contribution in [3.8, 4) is 11.1 Å². The molecule has 0 aliphatic carbocycles. The van der Waals surface area contributed by atoms with E-state index in [1.165, 1.54) is 0 Å². The Balaban J connectivity index is 1.89. The van der Waals surface area contributed by atoms with E-state index in [1.54, 1.807) is 0 Å². The molecule has 1 saturated heterocycles. The van der Waals surface area contributed by atoms with Gasteiger partial charge in [-0.05, 0) is 35.9 Å². The molecule has 0 unspecified atom stereocenters. The molecule has 0 saturated carbocycles. The van der Waals surface area contributed by atoms with Crippen molar-refractivity contribution in [1.82, 2.24) is 9.88 Å². The first-order chi connectivity index (χ1) is 10.3. The molecule has 1 aliphatic rings. The Kier molecular flexibility index (Phi) is 4.18. The van der Waals surface area contributed by atoms with Crippen molar-refractivity contribution in [2.24, 2.45) is 0 Å². The quantitative estimate of drug-likeness (QED) is 0.935. The van der Waals surface area contributed by atoms with Gasteiger partial charge in [0.1, 0.15) is 5.82 Å². The molecule has 1 N–H and O–H groups in total. The summed E-state index contributed by atoms with van der Waals surface area (Å²) in [4.78, 5) is 9.17. The van der Waals surface area contributed by atoms with Crippen LogP contribution in [-0.4, -0.2) is 48.2 Å². The van der Waals surface area contributed by atoms with Crippen molar-refractivity contribution >= 4 is 5.82 Å². The number of likely N-dealkylation sites (N-methyl/N-ethyl adjacent to an activating group) is 1. The van der Waals surface area contributed by atoms with Crippen molar-refractivity contribution in [2.45, 2.75) is 6.61 Å². The summed E-state index contributed by atoms with van der Waals surface area (Å²) in [5.41, 5.74) is 3.15. The zero-order chi connectivity index (χ0) is 14.7. The first-order valence-corrected chi connectivity index (χ1v) is 7.36.